The Morgan fingerprint density at radius 3 is 1.88 bits per heavy atom. The molecule has 1 fully saturated rings. The molecule has 2 unspecified atom stereocenters. The summed E-state index contributed by atoms with van der Waals surface area (Å²) in [5, 5.41) is 0. The molecule has 0 bridgehead atoms. The zero-order valence-corrected chi connectivity index (χ0v) is 16.8. The molecule has 4 nitrogen and oxygen atoms in total. The van der Waals surface area contributed by atoms with Gasteiger partial charge in [0.25, 0.3) is 0 Å². The second kappa shape index (κ2) is 13.7. The van der Waals surface area contributed by atoms with Crippen LogP contribution in [0.2, 0.25) is 0 Å². The Labute approximate surface area is 155 Å². The van der Waals surface area contributed by atoms with Crippen molar-refractivity contribution in [3.63, 3.8) is 0 Å². The van der Waals surface area contributed by atoms with Crippen LogP contribution >= 0.6 is 0 Å². The molecule has 0 N–H and O–H groups in total. The number of hydrogen-bond acceptors (Lipinski definition) is 4. The zero-order valence-electron chi connectivity index (χ0n) is 16.8. The molecule has 0 aromatic carbocycles. The SMILES string of the molecule is CCCCCCCCCCCCCCC(=O)C1(OC)CCC(OC)O1. The van der Waals surface area contributed by atoms with Crippen LogP contribution in [0.15, 0.2) is 0 Å². The fourth-order valence-electron chi connectivity index (χ4n) is 3.59. The molecule has 0 aromatic heterocycles. The molecule has 1 aliphatic heterocycles. The summed E-state index contributed by atoms with van der Waals surface area (Å²) in [6, 6.07) is 0. The normalized spacial score (nSPS) is 23.2. The lowest BCUT2D eigenvalue weighted by Gasteiger charge is -2.25. The molecule has 0 aliphatic carbocycles. The Bertz CT molecular complexity index is 345. The van der Waals surface area contributed by atoms with Gasteiger partial charge in [0.05, 0.1) is 0 Å². The average molecular weight is 357 g/mol. The third-order valence-corrected chi connectivity index (χ3v) is 5.31. The van der Waals surface area contributed by atoms with E-state index in [1.54, 1.807) is 14.2 Å². The highest BCUT2D eigenvalue weighted by Gasteiger charge is 2.46. The van der Waals surface area contributed by atoms with Gasteiger partial charge in [-0.15, -0.1) is 0 Å². The van der Waals surface area contributed by atoms with Gasteiger partial charge >= 0.3 is 0 Å². The first-order valence-electron chi connectivity index (χ1n) is 10.5. The maximum Gasteiger partial charge on any atom is 0.231 e. The Balaban J connectivity index is 1.98. The van der Waals surface area contributed by atoms with Crippen LogP contribution in [-0.2, 0) is 19.0 Å². The van der Waals surface area contributed by atoms with Gasteiger partial charge in [0, 0.05) is 33.5 Å². The summed E-state index contributed by atoms with van der Waals surface area (Å²) in [5.41, 5.74) is 0. The van der Waals surface area contributed by atoms with Crippen molar-refractivity contribution in [3.8, 4) is 0 Å². The second-order valence-corrected chi connectivity index (χ2v) is 7.34. The number of Topliss-reactive ketones (excluding diaryl/α,β-unsaturated/α-hetero) is 1. The minimum absolute atomic E-state index is 0.0710. The standard InChI is InChI=1S/C21H40O4/c1-4-5-6-7-8-9-10-11-12-13-14-15-16-19(22)21(24-3)18-17-20(23-2)25-21/h20H,4-18H2,1-3H3. The lowest BCUT2D eigenvalue weighted by atomic mass is 10.0. The summed E-state index contributed by atoms with van der Waals surface area (Å²) in [6.07, 6.45) is 17.1. The molecular formula is C21H40O4. The molecule has 4 heteroatoms. The van der Waals surface area contributed by atoms with Gasteiger partial charge in [0.15, 0.2) is 12.1 Å². The van der Waals surface area contributed by atoms with Gasteiger partial charge < -0.3 is 14.2 Å². The van der Waals surface area contributed by atoms with Crippen molar-refractivity contribution in [1.29, 1.82) is 0 Å². The molecule has 25 heavy (non-hydrogen) atoms. The van der Waals surface area contributed by atoms with Crippen LogP contribution in [0.1, 0.15) is 103 Å². The van der Waals surface area contributed by atoms with Crippen molar-refractivity contribution in [1.82, 2.24) is 0 Å². The predicted molar refractivity (Wildman–Crippen MR) is 102 cm³/mol. The Morgan fingerprint density at radius 1 is 0.920 bits per heavy atom. The highest BCUT2D eigenvalue weighted by Crippen LogP contribution is 2.33. The average Bonchev–Trinajstić information content (AvgIpc) is 3.07. The fraction of sp³-hybridized carbons (Fsp3) is 0.952. The van der Waals surface area contributed by atoms with E-state index < -0.39 is 5.79 Å². The quantitative estimate of drug-likeness (QED) is 0.329. The van der Waals surface area contributed by atoms with Crippen molar-refractivity contribution in [2.75, 3.05) is 14.2 Å². The van der Waals surface area contributed by atoms with E-state index in [9.17, 15) is 4.79 Å². The number of unbranched alkanes of at least 4 members (excludes halogenated alkanes) is 11. The summed E-state index contributed by atoms with van der Waals surface area (Å²) in [5.74, 6) is -0.986. The number of rotatable bonds is 16. The van der Waals surface area contributed by atoms with Crippen molar-refractivity contribution < 1.29 is 19.0 Å². The Kier molecular flexibility index (Phi) is 12.4. The van der Waals surface area contributed by atoms with Crippen LogP contribution in [0, 0.1) is 0 Å². The van der Waals surface area contributed by atoms with Crippen molar-refractivity contribution >= 4 is 5.78 Å². The first kappa shape index (κ1) is 22.6. The van der Waals surface area contributed by atoms with E-state index in [1.165, 1.54) is 64.2 Å². The zero-order chi connectivity index (χ0) is 18.4. The van der Waals surface area contributed by atoms with E-state index >= 15 is 0 Å². The van der Waals surface area contributed by atoms with Gasteiger partial charge in [-0.05, 0) is 6.42 Å². The minimum Gasteiger partial charge on any atom is -0.356 e. The first-order valence-corrected chi connectivity index (χ1v) is 10.5. The van der Waals surface area contributed by atoms with Crippen molar-refractivity contribution in [2.24, 2.45) is 0 Å². The molecule has 1 aliphatic rings. The summed E-state index contributed by atoms with van der Waals surface area (Å²) in [4.78, 5) is 12.4. The predicted octanol–water partition coefficient (Wildman–Crippen LogP) is 5.77. The van der Waals surface area contributed by atoms with E-state index in [0.717, 1.165) is 12.8 Å². The van der Waals surface area contributed by atoms with Crippen LogP contribution in [0.4, 0.5) is 0 Å². The largest absolute Gasteiger partial charge is 0.356 e. The summed E-state index contributed by atoms with van der Waals surface area (Å²) >= 11 is 0. The molecular weight excluding hydrogens is 316 g/mol. The van der Waals surface area contributed by atoms with E-state index in [4.69, 9.17) is 14.2 Å². The first-order chi connectivity index (χ1) is 12.2. The Hall–Kier alpha value is -0.450. The molecule has 148 valence electrons. The van der Waals surface area contributed by atoms with E-state index in [2.05, 4.69) is 6.92 Å². The smallest absolute Gasteiger partial charge is 0.231 e. The van der Waals surface area contributed by atoms with Crippen molar-refractivity contribution in [3.05, 3.63) is 0 Å². The number of ether oxygens (including phenoxy) is 3. The summed E-state index contributed by atoms with van der Waals surface area (Å²) in [6.45, 7) is 2.26. The molecule has 2 atom stereocenters. The Morgan fingerprint density at radius 2 is 1.44 bits per heavy atom. The maximum absolute atomic E-state index is 12.4. The van der Waals surface area contributed by atoms with Gasteiger partial charge in [0.2, 0.25) is 5.79 Å². The lowest BCUT2D eigenvalue weighted by Crippen LogP contribution is -2.41. The topological polar surface area (TPSA) is 44.8 Å². The monoisotopic (exact) mass is 356 g/mol. The molecule has 0 spiro atoms. The number of hydrogen-bond donors (Lipinski definition) is 0. The van der Waals surface area contributed by atoms with Crippen molar-refractivity contribution in [2.45, 2.75) is 115 Å². The van der Waals surface area contributed by atoms with E-state index in [0.29, 0.717) is 19.3 Å². The molecule has 0 amide bonds. The third-order valence-electron chi connectivity index (χ3n) is 5.31. The van der Waals surface area contributed by atoms with Gasteiger partial charge in [-0.1, -0.05) is 77.6 Å². The fourth-order valence-corrected chi connectivity index (χ4v) is 3.59. The molecule has 0 radical (unpaired) electrons. The van der Waals surface area contributed by atoms with Crippen LogP contribution in [0.3, 0.4) is 0 Å². The summed E-state index contributed by atoms with van der Waals surface area (Å²) < 4.78 is 16.3. The summed E-state index contributed by atoms with van der Waals surface area (Å²) in [7, 11) is 3.16. The highest BCUT2D eigenvalue weighted by molar-refractivity contribution is 5.86. The van der Waals surface area contributed by atoms with E-state index in [1.807, 2.05) is 0 Å². The van der Waals surface area contributed by atoms with Gasteiger partial charge in [-0.3, -0.25) is 4.79 Å². The highest BCUT2D eigenvalue weighted by atomic mass is 16.8. The number of carbonyl (C=O) groups is 1. The molecule has 0 saturated carbocycles. The van der Waals surface area contributed by atoms with Gasteiger partial charge in [-0.2, -0.15) is 0 Å². The maximum atomic E-state index is 12.4. The molecule has 1 saturated heterocycles. The molecule has 1 rings (SSSR count). The van der Waals surface area contributed by atoms with E-state index in [-0.39, 0.29) is 12.1 Å². The second-order valence-electron chi connectivity index (χ2n) is 7.34. The van der Waals surface area contributed by atoms with Gasteiger partial charge in [-0.25, -0.2) is 0 Å². The number of carbonyl (C=O) groups excluding carboxylic acids is 1. The molecule has 1 heterocycles. The third kappa shape index (κ3) is 8.65. The van der Waals surface area contributed by atoms with Gasteiger partial charge in [0.1, 0.15) is 0 Å². The number of methoxy groups -OCH3 is 2. The van der Waals surface area contributed by atoms with Crippen LogP contribution in [-0.4, -0.2) is 32.1 Å². The molecule has 0 aromatic rings. The van der Waals surface area contributed by atoms with Crippen LogP contribution < -0.4 is 0 Å². The van der Waals surface area contributed by atoms with Crippen LogP contribution in [0.25, 0.3) is 0 Å². The number of ketones is 1. The van der Waals surface area contributed by atoms with Crippen LogP contribution in [0.5, 0.6) is 0 Å². The lowest BCUT2D eigenvalue weighted by molar-refractivity contribution is -0.245. The minimum atomic E-state index is -1.06.